The minimum atomic E-state index is -3.73. The van der Waals surface area contributed by atoms with Gasteiger partial charge in [0.25, 0.3) is 10.1 Å². The summed E-state index contributed by atoms with van der Waals surface area (Å²) < 4.78 is 36.0. The second-order valence-corrected chi connectivity index (χ2v) is 12.3. The Morgan fingerprint density at radius 1 is 1.13 bits per heavy atom. The maximum atomic E-state index is 12.6. The average molecular weight is 435 g/mol. The molecule has 0 bridgehead atoms. The zero-order valence-electron chi connectivity index (χ0n) is 18.5. The van der Waals surface area contributed by atoms with Crippen molar-refractivity contribution >= 4 is 16.1 Å². The Hall–Kier alpha value is -1.40. The highest BCUT2D eigenvalue weighted by Gasteiger charge is 2.67. The van der Waals surface area contributed by atoms with Crippen molar-refractivity contribution in [2.75, 3.05) is 6.61 Å². The van der Waals surface area contributed by atoms with E-state index in [1.165, 1.54) is 6.42 Å². The van der Waals surface area contributed by atoms with Crippen LogP contribution in [0, 0.1) is 36.0 Å². The number of benzene rings is 1. The summed E-state index contributed by atoms with van der Waals surface area (Å²) in [6.07, 6.45) is 5.81. The van der Waals surface area contributed by atoms with Crippen molar-refractivity contribution in [2.45, 2.75) is 76.7 Å². The number of ether oxygens (including phenoxy) is 1. The summed E-state index contributed by atoms with van der Waals surface area (Å²) in [5.74, 6) is 2.05. The van der Waals surface area contributed by atoms with Gasteiger partial charge in [-0.2, -0.15) is 8.42 Å². The molecule has 3 saturated carbocycles. The lowest BCUT2D eigenvalue weighted by Crippen LogP contribution is -2.43. The molecule has 0 radical (unpaired) electrons. The van der Waals surface area contributed by atoms with Crippen LogP contribution in [0.1, 0.15) is 64.9 Å². The Bertz CT molecular complexity index is 899. The molecular weight excluding hydrogens is 400 g/mol. The van der Waals surface area contributed by atoms with Crippen LogP contribution in [0.2, 0.25) is 0 Å². The SMILES string of the molecule is Cc1ccc(S(=O)(=O)OC[C@H]2CC[C@@H]([C@]3(CC(=O)OC(C)(C)C)CC4CC43)C2)cc1. The topological polar surface area (TPSA) is 69.7 Å². The van der Waals surface area contributed by atoms with Crippen molar-refractivity contribution < 1.29 is 22.1 Å². The van der Waals surface area contributed by atoms with E-state index in [1.54, 1.807) is 24.3 Å². The molecule has 5 atom stereocenters. The van der Waals surface area contributed by atoms with Crippen LogP contribution in [0.5, 0.6) is 0 Å². The van der Waals surface area contributed by atoms with E-state index in [4.69, 9.17) is 8.92 Å². The molecule has 4 rings (SSSR count). The Morgan fingerprint density at radius 3 is 2.40 bits per heavy atom. The van der Waals surface area contributed by atoms with Crippen molar-refractivity contribution in [2.24, 2.45) is 29.1 Å². The Kier molecular flexibility index (Phi) is 5.55. The summed E-state index contributed by atoms with van der Waals surface area (Å²) in [7, 11) is -3.73. The molecule has 1 aromatic carbocycles. The molecule has 0 heterocycles. The number of hydrogen-bond donors (Lipinski definition) is 0. The predicted molar refractivity (Wildman–Crippen MR) is 114 cm³/mol. The smallest absolute Gasteiger partial charge is 0.306 e. The zero-order valence-corrected chi connectivity index (χ0v) is 19.3. The van der Waals surface area contributed by atoms with E-state index in [0.29, 0.717) is 18.3 Å². The average Bonchev–Trinajstić information content (AvgIpc) is 3.09. The van der Waals surface area contributed by atoms with Crippen LogP contribution < -0.4 is 0 Å². The third-order valence-corrected chi connectivity index (χ3v) is 8.62. The first-order valence-electron chi connectivity index (χ1n) is 11.2. The highest BCUT2D eigenvalue weighted by Crippen LogP contribution is 2.73. The van der Waals surface area contributed by atoms with Gasteiger partial charge in [-0.1, -0.05) is 17.7 Å². The number of rotatable bonds is 7. The van der Waals surface area contributed by atoms with E-state index >= 15 is 0 Å². The minimum absolute atomic E-state index is 0.0670. The molecule has 3 fully saturated rings. The molecule has 3 aliphatic rings. The van der Waals surface area contributed by atoms with Gasteiger partial charge in [0.05, 0.1) is 17.9 Å². The standard InChI is InChI=1S/C24H34O5S/c1-16-5-9-20(10-6-16)30(26,27)28-15-17-7-8-19(11-17)24(13-18-12-21(18)24)14-22(25)29-23(2,3)4/h5-6,9-10,17-19,21H,7-8,11-15H2,1-4H3/t17-,18?,19+,21?,24+/m0/s1. The van der Waals surface area contributed by atoms with Crippen LogP contribution in [0.3, 0.4) is 0 Å². The first kappa shape index (κ1) is 21.8. The molecule has 5 nitrogen and oxygen atoms in total. The third-order valence-electron chi connectivity index (χ3n) is 7.32. The van der Waals surface area contributed by atoms with E-state index in [9.17, 15) is 13.2 Å². The van der Waals surface area contributed by atoms with Gasteiger partial charge in [0.2, 0.25) is 0 Å². The van der Waals surface area contributed by atoms with E-state index < -0.39 is 15.7 Å². The summed E-state index contributed by atoms with van der Waals surface area (Å²) in [5.41, 5.74) is 0.626. The van der Waals surface area contributed by atoms with Gasteiger partial charge in [-0.3, -0.25) is 8.98 Å². The van der Waals surface area contributed by atoms with Crippen LogP contribution >= 0.6 is 0 Å². The van der Waals surface area contributed by atoms with Gasteiger partial charge in [-0.05, 0) is 101 Å². The lowest BCUT2D eigenvalue weighted by molar-refractivity contribution is -0.161. The van der Waals surface area contributed by atoms with Gasteiger partial charge in [-0.25, -0.2) is 0 Å². The van der Waals surface area contributed by atoms with Crippen LogP contribution in [-0.4, -0.2) is 26.6 Å². The number of carbonyl (C=O) groups excluding carboxylic acids is 1. The second-order valence-electron chi connectivity index (χ2n) is 10.7. The van der Waals surface area contributed by atoms with E-state index in [-0.39, 0.29) is 28.8 Å². The van der Waals surface area contributed by atoms with Gasteiger partial charge >= 0.3 is 5.97 Å². The van der Waals surface area contributed by atoms with Gasteiger partial charge in [-0.15, -0.1) is 0 Å². The van der Waals surface area contributed by atoms with E-state index in [0.717, 1.165) is 37.2 Å². The van der Waals surface area contributed by atoms with Crippen LogP contribution in [0.4, 0.5) is 0 Å². The Morgan fingerprint density at radius 2 is 1.83 bits per heavy atom. The highest BCUT2D eigenvalue weighted by molar-refractivity contribution is 7.86. The molecule has 30 heavy (non-hydrogen) atoms. The number of carbonyl (C=O) groups is 1. The van der Waals surface area contributed by atoms with Crippen LogP contribution in [0.15, 0.2) is 29.2 Å². The summed E-state index contributed by atoms with van der Waals surface area (Å²) in [6, 6.07) is 6.76. The summed E-state index contributed by atoms with van der Waals surface area (Å²) in [6.45, 7) is 7.89. The maximum Gasteiger partial charge on any atom is 0.306 e. The lowest BCUT2D eigenvalue weighted by Gasteiger charge is -2.46. The molecule has 0 aliphatic heterocycles. The van der Waals surface area contributed by atoms with E-state index in [1.807, 2.05) is 27.7 Å². The number of fused-ring (bicyclic) bond motifs is 1. The van der Waals surface area contributed by atoms with E-state index in [2.05, 4.69) is 0 Å². The van der Waals surface area contributed by atoms with Gasteiger partial charge in [0.1, 0.15) is 5.60 Å². The van der Waals surface area contributed by atoms with Crippen LogP contribution in [-0.2, 0) is 23.8 Å². The molecule has 166 valence electrons. The molecule has 3 aliphatic carbocycles. The molecule has 0 N–H and O–H groups in total. The number of esters is 1. The molecule has 0 aromatic heterocycles. The van der Waals surface area contributed by atoms with Crippen molar-refractivity contribution in [1.82, 2.24) is 0 Å². The Labute approximate surface area is 180 Å². The number of aryl methyl sites for hydroxylation is 1. The molecule has 0 spiro atoms. The van der Waals surface area contributed by atoms with Crippen molar-refractivity contribution in [3.63, 3.8) is 0 Å². The van der Waals surface area contributed by atoms with Gasteiger partial charge < -0.3 is 4.74 Å². The zero-order chi connectivity index (χ0) is 21.7. The molecule has 2 unspecified atom stereocenters. The van der Waals surface area contributed by atoms with Crippen molar-refractivity contribution in [1.29, 1.82) is 0 Å². The van der Waals surface area contributed by atoms with Gasteiger partial charge in [0, 0.05) is 0 Å². The largest absolute Gasteiger partial charge is 0.460 e. The molecule has 1 aromatic rings. The molecular formula is C24H34O5S. The maximum absolute atomic E-state index is 12.6. The molecule has 0 saturated heterocycles. The lowest BCUT2D eigenvalue weighted by atomic mass is 9.58. The first-order valence-corrected chi connectivity index (χ1v) is 12.6. The van der Waals surface area contributed by atoms with Crippen molar-refractivity contribution in [3.8, 4) is 0 Å². The first-order chi connectivity index (χ1) is 14.0. The second kappa shape index (κ2) is 7.63. The normalized spacial score (nSPS) is 32.9. The van der Waals surface area contributed by atoms with Crippen molar-refractivity contribution in [3.05, 3.63) is 29.8 Å². The monoisotopic (exact) mass is 434 g/mol. The summed E-state index contributed by atoms with van der Waals surface area (Å²) >= 11 is 0. The summed E-state index contributed by atoms with van der Waals surface area (Å²) in [5, 5.41) is 0. The Balaban J connectivity index is 1.35. The van der Waals surface area contributed by atoms with Gasteiger partial charge in [0.15, 0.2) is 0 Å². The molecule has 0 amide bonds. The summed E-state index contributed by atoms with van der Waals surface area (Å²) in [4.78, 5) is 12.8. The van der Waals surface area contributed by atoms with Crippen LogP contribution in [0.25, 0.3) is 0 Å². The molecule has 6 heteroatoms. The fourth-order valence-corrected chi connectivity index (χ4v) is 6.80. The minimum Gasteiger partial charge on any atom is -0.460 e. The predicted octanol–water partition coefficient (Wildman–Crippen LogP) is 4.87. The highest BCUT2D eigenvalue weighted by atomic mass is 32.2. The number of hydrogen-bond acceptors (Lipinski definition) is 5. The fraction of sp³-hybridized carbons (Fsp3) is 0.708. The third kappa shape index (κ3) is 4.45. The fourth-order valence-electron chi connectivity index (χ4n) is 5.83. The quantitative estimate of drug-likeness (QED) is 0.452.